The summed E-state index contributed by atoms with van der Waals surface area (Å²) in [6.45, 7) is 3.79. The van der Waals surface area contributed by atoms with E-state index in [1.807, 2.05) is 66.3 Å². The number of rotatable bonds is 8. The first-order valence-corrected chi connectivity index (χ1v) is 8.81. The summed E-state index contributed by atoms with van der Waals surface area (Å²) >= 11 is 0. The molecule has 0 saturated carbocycles. The average molecular weight is 348 g/mol. The second-order valence-corrected chi connectivity index (χ2v) is 6.28. The number of hydrogen-bond donors (Lipinski definition) is 2. The Labute approximate surface area is 154 Å². The normalized spacial score (nSPS) is 11.9. The molecule has 5 nitrogen and oxygen atoms in total. The Bertz CT molecular complexity index is 815. The summed E-state index contributed by atoms with van der Waals surface area (Å²) in [6.07, 6.45) is 3.73. The van der Waals surface area contributed by atoms with E-state index in [0.29, 0.717) is 13.1 Å². The first kappa shape index (κ1) is 17.9. The first-order valence-electron chi connectivity index (χ1n) is 8.81. The highest BCUT2D eigenvalue weighted by Crippen LogP contribution is 2.10. The minimum atomic E-state index is -0.267. The zero-order chi connectivity index (χ0) is 18.2. The van der Waals surface area contributed by atoms with Gasteiger partial charge in [-0.05, 0) is 29.7 Å². The van der Waals surface area contributed by atoms with Gasteiger partial charge in [-0.25, -0.2) is 0 Å². The number of nitrogens with zero attached hydrogens (tertiary/aromatic N) is 2. The number of carbonyl (C=O) groups is 1. The van der Waals surface area contributed by atoms with Gasteiger partial charge in [0.25, 0.3) is 0 Å². The fourth-order valence-corrected chi connectivity index (χ4v) is 2.75. The summed E-state index contributed by atoms with van der Waals surface area (Å²) in [6, 6.07) is 19.8. The number of benzene rings is 2. The van der Waals surface area contributed by atoms with Crippen LogP contribution in [0.25, 0.3) is 0 Å². The van der Waals surface area contributed by atoms with Crippen LogP contribution in [0.15, 0.2) is 73.1 Å². The molecule has 0 aliphatic heterocycles. The van der Waals surface area contributed by atoms with Crippen molar-refractivity contribution in [3.8, 4) is 0 Å². The molecule has 0 spiro atoms. The molecule has 0 bridgehead atoms. The molecular formula is C21H24N4O. The van der Waals surface area contributed by atoms with Gasteiger partial charge in [0, 0.05) is 25.5 Å². The molecule has 2 N–H and O–H groups in total. The summed E-state index contributed by atoms with van der Waals surface area (Å²) in [4.78, 5) is 12.3. The summed E-state index contributed by atoms with van der Waals surface area (Å²) in [5, 5.41) is 10.5. The zero-order valence-electron chi connectivity index (χ0n) is 14.9. The highest BCUT2D eigenvalue weighted by atomic mass is 16.2. The largest absolute Gasteiger partial charge is 0.351 e. The van der Waals surface area contributed by atoms with Crippen molar-refractivity contribution in [1.82, 2.24) is 20.4 Å². The highest BCUT2D eigenvalue weighted by molar-refractivity contribution is 5.81. The van der Waals surface area contributed by atoms with Gasteiger partial charge in [-0.1, -0.05) is 54.6 Å². The second-order valence-electron chi connectivity index (χ2n) is 6.28. The third-order valence-electron chi connectivity index (χ3n) is 4.31. The summed E-state index contributed by atoms with van der Waals surface area (Å²) in [7, 11) is 0. The molecule has 0 saturated heterocycles. The van der Waals surface area contributed by atoms with Crippen LogP contribution in [0.3, 0.4) is 0 Å². The van der Waals surface area contributed by atoms with E-state index in [1.165, 1.54) is 11.1 Å². The van der Waals surface area contributed by atoms with E-state index in [-0.39, 0.29) is 11.9 Å². The summed E-state index contributed by atoms with van der Waals surface area (Å²) in [5.74, 6) is -0.00147. The van der Waals surface area contributed by atoms with E-state index in [9.17, 15) is 4.79 Å². The maximum Gasteiger partial charge on any atom is 0.237 e. The van der Waals surface area contributed by atoms with Crippen molar-refractivity contribution in [2.24, 2.45) is 0 Å². The lowest BCUT2D eigenvalue weighted by Crippen LogP contribution is -2.41. The van der Waals surface area contributed by atoms with Crippen molar-refractivity contribution in [1.29, 1.82) is 0 Å². The van der Waals surface area contributed by atoms with Gasteiger partial charge in [-0.15, -0.1) is 0 Å². The Morgan fingerprint density at radius 3 is 2.46 bits per heavy atom. The molecule has 0 aliphatic rings. The smallest absolute Gasteiger partial charge is 0.237 e. The molecule has 1 heterocycles. The van der Waals surface area contributed by atoms with E-state index >= 15 is 0 Å². The summed E-state index contributed by atoms with van der Waals surface area (Å²) < 4.78 is 1.90. The quantitative estimate of drug-likeness (QED) is 0.658. The van der Waals surface area contributed by atoms with Crippen molar-refractivity contribution < 1.29 is 4.79 Å². The average Bonchev–Trinajstić information content (AvgIpc) is 3.19. The van der Waals surface area contributed by atoms with Crippen LogP contribution >= 0.6 is 0 Å². The lowest BCUT2D eigenvalue weighted by atomic mass is 10.1. The van der Waals surface area contributed by atoms with Gasteiger partial charge >= 0.3 is 0 Å². The van der Waals surface area contributed by atoms with Gasteiger partial charge < -0.3 is 10.6 Å². The molecule has 1 amide bonds. The molecule has 0 unspecified atom stereocenters. The van der Waals surface area contributed by atoms with E-state index in [4.69, 9.17) is 0 Å². The van der Waals surface area contributed by atoms with Crippen LogP contribution in [-0.4, -0.2) is 21.7 Å². The zero-order valence-corrected chi connectivity index (χ0v) is 14.9. The molecule has 1 aromatic heterocycles. The van der Waals surface area contributed by atoms with Crippen LogP contribution < -0.4 is 10.6 Å². The van der Waals surface area contributed by atoms with Gasteiger partial charge in [0.1, 0.15) is 0 Å². The Morgan fingerprint density at radius 2 is 1.73 bits per heavy atom. The van der Waals surface area contributed by atoms with E-state index in [1.54, 1.807) is 6.20 Å². The van der Waals surface area contributed by atoms with Crippen LogP contribution in [0.4, 0.5) is 0 Å². The first-order chi connectivity index (χ1) is 12.7. The lowest BCUT2D eigenvalue weighted by Gasteiger charge is -2.16. The van der Waals surface area contributed by atoms with Crippen molar-refractivity contribution in [3.05, 3.63) is 89.7 Å². The Balaban J connectivity index is 1.52. The monoisotopic (exact) mass is 348 g/mol. The van der Waals surface area contributed by atoms with Crippen molar-refractivity contribution >= 4 is 5.91 Å². The van der Waals surface area contributed by atoms with Crippen molar-refractivity contribution in [2.45, 2.75) is 32.6 Å². The molecular weight excluding hydrogens is 324 g/mol. The number of nitrogens with one attached hydrogen (secondary N) is 2. The predicted octanol–water partition coefficient (Wildman–Crippen LogP) is 2.73. The second kappa shape index (κ2) is 8.97. The number of hydrogen-bond acceptors (Lipinski definition) is 3. The van der Waals surface area contributed by atoms with E-state index < -0.39 is 0 Å². The molecule has 0 aliphatic carbocycles. The third-order valence-corrected chi connectivity index (χ3v) is 4.31. The minimum Gasteiger partial charge on any atom is -0.351 e. The molecule has 3 rings (SSSR count). The van der Waals surface area contributed by atoms with Gasteiger partial charge in [0.05, 0.1) is 12.6 Å². The Hall–Kier alpha value is -2.92. The van der Waals surface area contributed by atoms with Gasteiger partial charge in [0.2, 0.25) is 5.91 Å². The van der Waals surface area contributed by atoms with Crippen LogP contribution in [0, 0.1) is 0 Å². The van der Waals surface area contributed by atoms with Crippen LogP contribution in [-0.2, 0) is 24.4 Å². The molecule has 5 heteroatoms. The SMILES string of the molecule is C[C@H](NCc1ccccc1Cn1cccn1)C(=O)NCc1ccccc1. The lowest BCUT2D eigenvalue weighted by molar-refractivity contribution is -0.122. The number of amides is 1. The van der Waals surface area contributed by atoms with Crippen molar-refractivity contribution in [2.75, 3.05) is 0 Å². The molecule has 134 valence electrons. The van der Waals surface area contributed by atoms with E-state index in [2.05, 4.69) is 27.9 Å². The minimum absolute atomic E-state index is 0.00147. The standard InChI is InChI=1S/C21H24N4O/c1-17(21(26)23-14-18-8-3-2-4-9-18)22-15-19-10-5-6-11-20(19)16-25-13-7-12-24-25/h2-13,17,22H,14-16H2,1H3,(H,23,26)/t17-/m0/s1. The molecule has 2 aromatic carbocycles. The third kappa shape index (κ3) is 5.04. The maximum atomic E-state index is 12.3. The molecule has 26 heavy (non-hydrogen) atoms. The molecule has 0 fully saturated rings. The molecule has 3 aromatic rings. The summed E-state index contributed by atoms with van der Waals surface area (Å²) in [5.41, 5.74) is 3.46. The maximum absolute atomic E-state index is 12.3. The Kier molecular flexibility index (Phi) is 6.17. The highest BCUT2D eigenvalue weighted by Gasteiger charge is 2.12. The molecule has 0 radical (unpaired) electrons. The van der Waals surface area contributed by atoms with Gasteiger partial charge in [-0.2, -0.15) is 5.10 Å². The van der Waals surface area contributed by atoms with Gasteiger partial charge in [-0.3, -0.25) is 9.48 Å². The van der Waals surface area contributed by atoms with Crippen LogP contribution in [0.1, 0.15) is 23.6 Å². The predicted molar refractivity (Wildman–Crippen MR) is 102 cm³/mol. The van der Waals surface area contributed by atoms with Gasteiger partial charge in [0.15, 0.2) is 0 Å². The topological polar surface area (TPSA) is 59.0 Å². The van der Waals surface area contributed by atoms with Crippen LogP contribution in [0.2, 0.25) is 0 Å². The fourth-order valence-electron chi connectivity index (χ4n) is 2.75. The fraction of sp³-hybridized carbons (Fsp3) is 0.238. The molecule has 1 atom stereocenters. The van der Waals surface area contributed by atoms with Crippen LogP contribution in [0.5, 0.6) is 0 Å². The van der Waals surface area contributed by atoms with E-state index in [0.717, 1.165) is 12.1 Å². The number of carbonyl (C=O) groups excluding carboxylic acids is 1. The Morgan fingerprint density at radius 1 is 1.00 bits per heavy atom. The number of aromatic nitrogens is 2. The van der Waals surface area contributed by atoms with Crippen molar-refractivity contribution in [3.63, 3.8) is 0 Å².